The maximum atomic E-state index is 13.2. The molecule has 116 valence electrons. The van der Waals surface area contributed by atoms with Gasteiger partial charge in [-0.15, -0.1) is 0 Å². The molecule has 7 heteroatoms. The zero-order valence-corrected chi connectivity index (χ0v) is 11.5. The Hall–Kier alpha value is -1.47. The predicted molar refractivity (Wildman–Crippen MR) is 70.6 cm³/mol. The Labute approximate surface area is 120 Å². The minimum Gasteiger partial charge on any atom is -0.454 e. The molecule has 0 amide bonds. The molecule has 0 radical (unpaired) electrons. The van der Waals surface area contributed by atoms with Gasteiger partial charge in [-0.05, 0) is 24.1 Å². The van der Waals surface area contributed by atoms with Gasteiger partial charge in [-0.25, -0.2) is 0 Å². The molecule has 2 heterocycles. The Morgan fingerprint density at radius 1 is 1.10 bits per heavy atom. The molecular weight excluding hydrogens is 285 g/mol. The van der Waals surface area contributed by atoms with E-state index in [-0.39, 0.29) is 18.1 Å². The molecule has 0 atom stereocenters. The summed E-state index contributed by atoms with van der Waals surface area (Å²) in [5.41, 5.74) is -0.354. The number of halogens is 3. The predicted octanol–water partition coefficient (Wildman–Crippen LogP) is 1.88. The molecule has 1 aromatic rings. The van der Waals surface area contributed by atoms with Crippen LogP contribution in [0.4, 0.5) is 13.2 Å². The summed E-state index contributed by atoms with van der Waals surface area (Å²) >= 11 is 0. The lowest BCUT2D eigenvalue weighted by molar-refractivity contribution is -0.138. The Balaban J connectivity index is 1.79. The monoisotopic (exact) mass is 302 g/mol. The summed E-state index contributed by atoms with van der Waals surface area (Å²) in [6, 6.07) is 2.52. The minimum atomic E-state index is -4.38. The van der Waals surface area contributed by atoms with Crippen molar-refractivity contribution in [2.24, 2.45) is 0 Å². The second-order valence-corrected chi connectivity index (χ2v) is 5.20. The van der Waals surface area contributed by atoms with Crippen LogP contribution in [0.3, 0.4) is 0 Å². The molecule has 0 unspecified atom stereocenters. The molecule has 0 aliphatic carbocycles. The van der Waals surface area contributed by atoms with Gasteiger partial charge in [-0.1, -0.05) is 0 Å². The van der Waals surface area contributed by atoms with Crippen LogP contribution in [0.5, 0.6) is 11.5 Å². The topological polar surface area (TPSA) is 33.7 Å². The number of rotatable bonds is 3. The van der Waals surface area contributed by atoms with Gasteiger partial charge < -0.3 is 19.7 Å². The molecular formula is C14H17F3N2O2. The van der Waals surface area contributed by atoms with E-state index >= 15 is 0 Å². The second-order valence-electron chi connectivity index (χ2n) is 5.20. The van der Waals surface area contributed by atoms with E-state index in [1.54, 1.807) is 0 Å². The zero-order valence-electron chi connectivity index (χ0n) is 11.5. The van der Waals surface area contributed by atoms with E-state index in [0.29, 0.717) is 18.7 Å². The highest BCUT2D eigenvalue weighted by Gasteiger charge is 2.35. The van der Waals surface area contributed by atoms with E-state index in [4.69, 9.17) is 9.47 Å². The van der Waals surface area contributed by atoms with E-state index in [1.165, 1.54) is 6.07 Å². The van der Waals surface area contributed by atoms with Crippen molar-refractivity contribution in [2.75, 3.05) is 39.5 Å². The summed E-state index contributed by atoms with van der Waals surface area (Å²) in [6.07, 6.45) is -4.02. The first-order valence-electron chi connectivity index (χ1n) is 6.97. The van der Waals surface area contributed by atoms with Crippen LogP contribution in [0.1, 0.15) is 11.1 Å². The van der Waals surface area contributed by atoms with E-state index in [9.17, 15) is 13.2 Å². The van der Waals surface area contributed by atoms with Crippen molar-refractivity contribution >= 4 is 0 Å². The molecule has 0 spiro atoms. The van der Waals surface area contributed by atoms with Crippen LogP contribution >= 0.6 is 0 Å². The summed E-state index contributed by atoms with van der Waals surface area (Å²) in [4.78, 5) is 2.17. The Morgan fingerprint density at radius 3 is 2.43 bits per heavy atom. The summed E-state index contributed by atoms with van der Waals surface area (Å²) < 4.78 is 49.7. The van der Waals surface area contributed by atoms with Gasteiger partial charge >= 0.3 is 6.18 Å². The first-order valence-corrected chi connectivity index (χ1v) is 6.97. The second kappa shape index (κ2) is 5.73. The van der Waals surface area contributed by atoms with Gasteiger partial charge in [0.05, 0.1) is 5.56 Å². The van der Waals surface area contributed by atoms with Crippen LogP contribution in [0, 0.1) is 0 Å². The van der Waals surface area contributed by atoms with Gasteiger partial charge in [0, 0.05) is 32.7 Å². The number of fused-ring (bicyclic) bond motifs is 1. The van der Waals surface area contributed by atoms with Crippen LogP contribution in [0.15, 0.2) is 12.1 Å². The molecule has 21 heavy (non-hydrogen) atoms. The Kier molecular flexibility index (Phi) is 3.95. The molecule has 1 aromatic carbocycles. The number of piperazine rings is 1. The van der Waals surface area contributed by atoms with Crippen molar-refractivity contribution in [1.82, 2.24) is 10.2 Å². The van der Waals surface area contributed by atoms with Crippen LogP contribution in [0.25, 0.3) is 0 Å². The van der Waals surface area contributed by atoms with Crippen LogP contribution in [-0.4, -0.2) is 44.4 Å². The van der Waals surface area contributed by atoms with Crippen LogP contribution in [0.2, 0.25) is 0 Å². The summed E-state index contributed by atoms with van der Waals surface area (Å²) in [6.45, 7) is 4.09. The fourth-order valence-corrected chi connectivity index (χ4v) is 2.67. The highest BCUT2D eigenvalue weighted by atomic mass is 19.4. The number of benzene rings is 1. The van der Waals surface area contributed by atoms with Gasteiger partial charge in [-0.3, -0.25) is 0 Å². The summed E-state index contributed by atoms with van der Waals surface area (Å²) in [7, 11) is 0. The number of nitrogens with one attached hydrogen (secondary N) is 1. The molecule has 1 N–H and O–H groups in total. The molecule has 0 aromatic heterocycles. The van der Waals surface area contributed by atoms with E-state index < -0.39 is 11.7 Å². The molecule has 1 fully saturated rings. The van der Waals surface area contributed by atoms with Crippen LogP contribution in [-0.2, 0) is 12.6 Å². The van der Waals surface area contributed by atoms with Crippen molar-refractivity contribution in [1.29, 1.82) is 0 Å². The van der Waals surface area contributed by atoms with Crippen molar-refractivity contribution < 1.29 is 22.6 Å². The average molecular weight is 302 g/mol. The highest BCUT2D eigenvalue weighted by Crippen LogP contribution is 2.41. The van der Waals surface area contributed by atoms with E-state index in [0.717, 1.165) is 32.2 Å². The average Bonchev–Trinajstić information content (AvgIpc) is 2.91. The number of ether oxygens (including phenoxy) is 2. The highest BCUT2D eigenvalue weighted by molar-refractivity contribution is 5.49. The first-order chi connectivity index (χ1) is 10.0. The lowest BCUT2D eigenvalue weighted by Gasteiger charge is -2.27. The van der Waals surface area contributed by atoms with Crippen LogP contribution < -0.4 is 14.8 Å². The van der Waals surface area contributed by atoms with Crippen molar-refractivity contribution in [3.05, 3.63) is 23.3 Å². The molecule has 3 rings (SSSR count). The standard InChI is InChI=1S/C14H17F3N2O2/c15-14(16,17)11-8-13-12(20-9-21-13)7-10(11)1-4-19-5-2-18-3-6-19/h7-8,18H,1-6,9H2. The number of nitrogens with zero attached hydrogens (tertiary/aromatic N) is 1. The van der Waals surface area contributed by atoms with Gasteiger partial charge in [0.25, 0.3) is 0 Å². The fourth-order valence-electron chi connectivity index (χ4n) is 2.67. The smallest absolute Gasteiger partial charge is 0.416 e. The van der Waals surface area contributed by atoms with Gasteiger partial charge in [0.1, 0.15) is 0 Å². The largest absolute Gasteiger partial charge is 0.454 e. The Bertz CT molecular complexity index is 514. The summed E-state index contributed by atoms with van der Waals surface area (Å²) in [5, 5.41) is 3.22. The fraction of sp³-hybridized carbons (Fsp3) is 0.571. The molecule has 0 saturated carbocycles. The summed E-state index contributed by atoms with van der Waals surface area (Å²) in [5.74, 6) is 0.576. The van der Waals surface area contributed by atoms with Crippen molar-refractivity contribution in [3.8, 4) is 11.5 Å². The molecule has 0 bridgehead atoms. The van der Waals surface area contributed by atoms with Gasteiger partial charge in [-0.2, -0.15) is 13.2 Å². The zero-order chi connectivity index (χ0) is 14.9. The number of alkyl halides is 3. The molecule has 4 nitrogen and oxygen atoms in total. The molecule has 2 aliphatic rings. The molecule has 1 saturated heterocycles. The van der Waals surface area contributed by atoms with Gasteiger partial charge in [0.2, 0.25) is 6.79 Å². The Morgan fingerprint density at radius 2 is 1.76 bits per heavy atom. The third kappa shape index (κ3) is 3.24. The lowest BCUT2D eigenvalue weighted by atomic mass is 10.0. The van der Waals surface area contributed by atoms with E-state index in [2.05, 4.69) is 10.2 Å². The van der Waals surface area contributed by atoms with Gasteiger partial charge in [0.15, 0.2) is 11.5 Å². The van der Waals surface area contributed by atoms with E-state index in [1.807, 2.05) is 0 Å². The third-order valence-electron chi connectivity index (χ3n) is 3.81. The maximum Gasteiger partial charge on any atom is 0.416 e. The molecule has 2 aliphatic heterocycles. The maximum absolute atomic E-state index is 13.2. The quantitative estimate of drug-likeness (QED) is 0.924. The number of hydrogen-bond acceptors (Lipinski definition) is 4. The number of hydrogen-bond donors (Lipinski definition) is 1. The normalized spacial score (nSPS) is 19.0. The minimum absolute atomic E-state index is 0.0200. The van der Waals surface area contributed by atoms with Crippen molar-refractivity contribution in [2.45, 2.75) is 12.6 Å². The lowest BCUT2D eigenvalue weighted by Crippen LogP contribution is -2.44. The third-order valence-corrected chi connectivity index (χ3v) is 3.81. The first kappa shape index (κ1) is 14.5. The van der Waals surface area contributed by atoms with Crippen molar-refractivity contribution in [3.63, 3.8) is 0 Å². The SMILES string of the molecule is FC(F)(F)c1cc2c(cc1CCN1CCNCC1)OCO2.